The molecular weight excluding hydrogens is 779 g/mol. The number of likely N-dealkylation sites (tertiary alicyclic amines) is 1. The van der Waals surface area contributed by atoms with Gasteiger partial charge in [0.2, 0.25) is 17.7 Å². The van der Waals surface area contributed by atoms with Gasteiger partial charge in [-0.05, 0) is 84.6 Å². The van der Waals surface area contributed by atoms with Crippen LogP contribution in [0.25, 0.3) is 11.1 Å². The Bertz CT molecular complexity index is 1980. The molecule has 0 spiro atoms. The highest BCUT2D eigenvalue weighted by atomic mass is 16.5. The van der Waals surface area contributed by atoms with Crippen LogP contribution in [0, 0.1) is 11.8 Å². The molecule has 0 aromatic heterocycles. The second kappa shape index (κ2) is 21.0. The largest absolute Gasteiger partial charge is 0.467 e. The molecule has 6 rings (SSSR count). The molecule has 5 N–H and O–H groups in total. The molecule has 2 fully saturated rings. The lowest BCUT2D eigenvalue weighted by Crippen LogP contribution is -2.58. The number of amides is 5. The molecule has 1 aliphatic heterocycles. The highest BCUT2D eigenvalue weighted by Gasteiger charge is 2.48. The number of unbranched alkanes of at least 4 members (excludes halogenated alkanes) is 1. The van der Waals surface area contributed by atoms with Crippen molar-refractivity contribution in [1.29, 1.82) is 0 Å². The highest BCUT2D eigenvalue weighted by molar-refractivity contribution is 5.95. The third kappa shape index (κ3) is 11.3. The van der Waals surface area contributed by atoms with Crippen molar-refractivity contribution >= 4 is 35.9 Å². The molecule has 14 heteroatoms. The third-order valence-corrected chi connectivity index (χ3v) is 12.2. The molecule has 3 aliphatic rings. The van der Waals surface area contributed by atoms with Gasteiger partial charge in [-0.1, -0.05) is 106 Å². The summed E-state index contributed by atoms with van der Waals surface area (Å²) in [6.07, 6.45) is 3.35. The van der Waals surface area contributed by atoms with Crippen LogP contribution < -0.4 is 21.3 Å². The number of nitrogens with zero attached hydrogens (tertiary/aromatic N) is 1. The first-order chi connectivity index (χ1) is 29.4. The molecule has 6 atom stereocenters. The van der Waals surface area contributed by atoms with Gasteiger partial charge in [-0.15, -0.1) is 0 Å². The van der Waals surface area contributed by atoms with Crippen LogP contribution in [-0.4, -0.2) is 96.4 Å². The maximum atomic E-state index is 14.3. The average molecular weight is 838 g/mol. The monoisotopic (exact) mass is 837 g/mol. The molecule has 61 heavy (non-hydrogen) atoms. The molecule has 0 radical (unpaired) electrons. The quantitative estimate of drug-likeness (QED) is 0.0764. The molecule has 5 amide bonds. The zero-order valence-electron chi connectivity index (χ0n) is 35.3. The predicted molar refractivity (Wildman–Crippen MR) is 228 cm³/mol. The van der Waals surface area contributed by atoms with Crippen molar-refractivity contribution in [1.82, 2.24) is 26.2 Å². The minimum atomic E-state index is -1.17. The number of nitrogens with one attached hydrogen (secondary N) is 4. The minimum absolute atomic E-state index is 0.0505. The zero-order chi connectivity index (χ0) is 43.5. The van der Waals surface area contributed by atoms with Crippen LogP contribution in [0.3, 0.4) is 0 Å². The first-order valence-electron chi connectivity index (χ1n) is 21.6. The molecular formula is C47H59N5O9. The van der Waals surface area contributed by atoms with E-state index in [-0.39, 0.29) is 49.8 Å². The van der Waals surface area contributed by atoms with E-state index in [4.69, 9.17) is 9.47 Å². The van der Waals surface area contributed by atoms with E-state index in [1.54, 1.807) is 0 Å². The fourth-order valence-electron chi connectivity index (χ4n) is 9.25. The van der Waals surface area contributed by atoms with E-state index in [0.29, 0.717) is 32.1 Å². The van der Waals surface area contributed by atoms with E-state index in [1.807, 2.05) is 80.6 Å². The summed E-state index contributed by atoms with van der Waals surface area (Å²) in [4.78, 5) is 81.4. The third-order valence-electron chi connectivity index (χ3n) is 12.2. The summed E-state index contributed by atoms with van der Waals surface area (Å²) in [5, 5.41) is 21.4. The predicted octanol–water partition coefficient (Wildman–Crippen LogP) is 5.92. The van der Waals surface area contributed by atoms with Gasteiger partial charge >= 0.3 is 18.2 Å². The number of carbonyl (C=O) groups excluding carboxylic acids is 5. The maximum Gasteiger partial charge on any atom is 0.408 e. The van der Waals surface area contributed by atoms with Crippen molar-refractivity contribution in [2.75, 3.05) is 20.3 Å². The van der Waals surface area contributed by atoms with Gasteiger partial charge in [-0.25, -0.2) is 14.4 Å². The van der Waals surface area contributed by atoms with Crippen LogP contribution in [0.2, 0.25) is 0 Å². The van der Waals surface area contributed by atoms with Gasteiger partial charge in [0, 0.05) is 24.9 Å². The molecule has 0 bridgehead atoms. The molecule has 3 unspecified atom stereocenters. The average Bonchev–Trinajstić information content (AvgIpc) is 3.81. The molecule has 14 nitrogen and oxygen atoms in total. The van der Waals surface area contributed by atoms with Crippen molar-refractivity contribution in [3.8, 4) is 11.1 Å². The number of fused-ring (bicyclic) bond motifs is 4. The highest BCUT2D eigenvalue weighted by Crippen LogP contribution is 2.44. The van der Waals surface area contributed by atoms with Crippen molar-refractivity contribution in [2.45, 2.75) is 114 Å². The van der Waals surface area contributed by atoms with Crippen LogP contribution in [0.5, 0.6) is 0 Å². The van der Waals surface area contributed by atoms with E-state index in [0.717, 1.165) is 47.1 Å². The van der Waals surface area contributed by atoms with Gasteiger partial charge < -0.3 is 35.8 Å². The molecule has 1 heterocycles. The number of methoxy groups -OCH3 is 1. The number of benzene rings is 3. The molecule has 3 aromatic carbocycles. The first kappa shape index (κ1) is 44.6. The van der Waals surface area contributed by atoms with Crippen LogP contribution in [0.1, 0.15) is 94.2 Å². The molecule has 2 aliphatic carbocycles. The van der Waals surface area contributed by atoms with E-state index < -0.39 is 60.0 Å². The van der Waals surface area contributed by atoms with Crippen LogP contribution >= 0.6 is 0 Å². The van der Waals surface area contributed by atoms with E-state index in [2.05, 4.69) is 33.4 Å². The van der Waals surface area contributed by atoms with E-state index >= 15 is 0 Å². The van der Waals surface area contributed by atoms with Crippen molar-refractivity contribution in [3.05, 3.63) is 95.6 Å². The number of carboxylic acid groups (broad SMARTS) is 1. The number of carbonyl (C=O) groups is 6. The van der Waals surface area contributed by atoms with Gasteiger partial charge in [0.1, 0.15) is 30.8 Å². The van der Waals surface area contributed by atoms with Gasteiger partial charge in [0.25, 0.3) is 0 Å². The molecule has 3 aromatic rings. The second-order valence-electron chi connectivity index (χ2n) is 16.8. The maximum absolute atomic E-state index is 14.3. The Morgan fingerprint density at radius 2 is 1.39 bits per heavy atom. The Kier molecular flexibility index (Phi) is 15.4. The number of ether oxygens (including phenoxy) is 2. The minimum Gasteiger partial charge on any atom is -0.467 e. The Morgan fingerprint density at radius 3 is 2.05 bits per heavy atom. The standard InChI is InChI=1S/C47H59N5O9/c1-29(2)25-39(45(56)60-3)51-43(54)38(26-30-15-5-4-6-16-30)50-42(53)37(49-44(55)41-27-31-17-7-12-23-40(31)52(41)47(58)59)22-13-14-24-48-46(57)61-28-36-34-20-10-8-18-32(34)33-19-9-11-21-35(33)36/h4-6,8-11,15-16,18-21,29,31,36-41H,7,12-14,17,22-28H2,1-3H3,(H,48,57)(H,49,55)(H,50,53)(H,51,54)(H,58,59)/t31?,37-,38-,39-,40?,41?/m0/s1. The van der Waals surface area contributed by atoms with Crippen LogP contribution in [0.15, 0.2) is 78.9 Å². The summed E-state index contributed by atoms with van der Waals surface area (Å²) in [5.41, 5.74) is 5.22. The summed E-state index contributed by atoms with van der Waals surface area (Å²) in [6, 6.07) is 20.8. The van der Waals surface area contributed by atoms with E-state index in [1.165, 1.54) is 12.0 Å². The summed E-state index contributed by atoms with van der Waals surface area (Å²) in [5.74, 6) is -2.38. The Balaban J connectivity index is 1.11. The lowest BCUT2D eigenvalue weighted by atomic mass is 9.85. The number of alkyl carbamates (subject to hydrolysis) is 1. The first-order valence-corrected chi connectivity index (χ1v) is 21.6. The molecule has 1 saturated carbocycles. The van der Waals surface area contributed by atoms with Gasteiger partial charge in [-0.2, -0.15) is 0 Å². The number of hydrogen-bond donors (Lipinski definition) is 5. The topological polar surface area (TPSA) is 192 Å². The zero-order valence-corrected chi connectivity index (χ0v) is 35.3. The lowest BCUT2D eigenvalue weighted by Gasteiger charge is -2.32. The smallest absolute Gasteiger partial charge is 0.408 e. The van der Waals surface area contributed by atoms with E-state index in [9.17, 15) is 33.9 Å². The number of hydrogen-bond acceptors (Lipinski definition) is 8. The van der Waals surface area contributed by atoms with Crippen molar-refractivity contribution in [3.63, 3.8) is 0 Å². The Labute approximate surface area is 357 Å². The fourth-order valence-corrected chi connectivity index (χ4v) is 9.25. The summed E-state index contributed by atoms with van der Waals surface area (Å²) >= 11 is 0. The molecule has 1 saturated heterocycles. The number of rotatable bonds is 18. The second-order valence-corrected chi connectivity index (χ2v) is 16.8. The lowest BCUT2D eigenvalue weighted by molar-refractivity contribution is -0.146. The fraction of sp³-hybridized carbons (Fsp3) is 0.489. The summed E-state index contributed by atoms with van der Waals surface area (Å²) < 4.78 is 10.6. The Morgan fingerprint density at radius 1 is 0.770 bits per heavy atom. The van der Waals surface area contributed by atoms with Gasteiger partial charge in [0.05, 0.1) is 7.11 Å². The van der Waals surface area contributed by atoms with Gasteiger partial charge in [-0.3, -0.25) is 19.3 Å². The summed E-state index contributed by atoms with van der Waals surface area (Å²) in [7, 11) is 1.25. The van der Waals surface area contributed by atoms with Crippen LogP contribution in [-0.2, 0) is 35.1 Å². The molecule has 326 valence electrons. The van der Waals surface area contributed by atoms with Crippen molar-refractivity contribution < 1.29 is 43.3 Å². The van der Waals surface area contributed by atoms with Crippen LogP contribution in [0.4, 0.5) is 9.59 Å². The van der Waals surface area contributed by atoms with Crippen molar-refractivity contribution in [2.24, 2.45) is 11.8 Å². The normalized spacial score (nSPS) is 19.3. The van der Waals surface area contributed by atoms with Gasteiger partial charge in [0.15, 0.2) is 0 Å². The summed E-state index contributed by atoms with van der Waals surface area (Å²) in [6.45, 7) is 4.23. The number of esters is 1. The Hall–Kier alpha value is -5.92. The SMILES string of the molecule is COC(=O)[C@H](CC(C)C)NC(=O)[C@H](Cc1ccccc1)NC(=O)[C@H](CCCCNC(=O)OCC1c2ccccc2-c2ccccc21)NC(=O)C1CC2CCCCC2N1C(=O)O.